The molecule has 2 aliphatic rings. The van der Waals surface area contributed by atoms with Gasteiger partial charge in [-0.1, -0.05) is 21.6 Å². The summed E-state index contributed by atoms with van der Waals surface area (Å²) in [6, 6.07) is 7.99. The van der Waals surface area contributed by atoms with Crippen molar-refractivity contribution < 1.29 is 55.0 Å². The molecule has 0 aromatic heterocycles. The first-order chi connectivity index (χ1) is 21.0. The summed E-state index contributed by atoms with van der Waals surface area (Å²) in [5.74, 6) is -3.01. The van der Waals surface area contributed by atoms with E-state index < -0.39 is 75.8 Å². The van der Waals surface area contributed by atoms with E-state index in [1.807, 2.05) is 0 Å². The highest BCUT2D eigenvalue weighted by molar-refractivity contribution is 8.76. The van der Waals surface area contributed by atoms with Crippen LogP contribution in [0.5, 0.6) is 0 Å². The third kappa shape index (κ3) is 7.24. The van der Waals surface area contributed by atoms with Gasteiger partial charge in [0.15, 0.2) is 21.1 Å². The molecule has 2 aromatic rings. The molecule has 8 N–H and O–H groups in total. The van der Waals surface area contributed by atoms with Crippen molar-refractivity contribution in [3.63, 3.8) is 0 Å². The molecule has 0 saturated carbocycles. The monoisotopic (exact) mass is 697 g/mol. The van der Waals surface area contributed by atoms with Crippen LogP contribution < -0.4 is 16.4 Å². The number of aromatic carboxylic acids is 1. The third-order valence-corrected chi connectivity index (χ3v) is 10.5. The Hall–Kier alpha value is -4.14. The lowest BCUT2D eigenvalue weighted by Gasteiger charge is -2.20. The summed E-state index contributed by atoms with van der Waals surface area (Å²) in [7, 11) is -7.70. The number of nitrogens with one attached hydrogen (secondary N) is 2. The fraction of sp³-hybridized carbons (Fsp3) is 0.154. The van der Waals surface area contributed by atoms with Crippen molar-refractivity contribution in [2.24, 2.45) is 0 Å². The van der Waals surface area contributed by atoms with Gasteiger partial charge in [0.05, 0.1) is 23.0 Å². The summed E-state index contributed by atoms with van der Waals surface area (Å²) < 4.78 is 75.0. The molecule has 15 nitrogen and oxygen atoms in total. The normalized spacial score (nSPS) is 12.0. The van der Waals surface area contributed by atoms with Crippen molar-refractivity contribution in [2.45, 2.75) is 16.2 Å². The number of fused-ring (bicyclic) bond motifs is 2. The number of hydrogen-bond donors (Lipinski definition) is 7. The molecule has 0 saturated heterocycles. The van der Waals surface area contributed by atoms with E-state index in [9.17, 15) is 45.4 Å². The molecule has 0 radical (unpaired) electrons. The zero-order chi connectivity index (χ0) is 33.3. The lowest BCUT2D eigenvalue weighted by atomic mass is 9.89. The summed E-state index contributed by atoms with van der Waals surface area (Å²) in [5.41, 5.74) is 3.59. The van der Waals surface area contributed by atoms with Crippen LogP contribution in [0.25, 0.3) is 33.4 Å². The Morgan fingerprint density at radius 3 is 2.18 bits per heavy atom. The van der Waals surface area contributed by atoms with E-state index in [1.165, 1.54) is 45.9 Å². The maximum Gasteiger partial charge on any atom is 0.336 e. The van der Waals surface area contributed by atoms with Crippen LogP contribution in [-0.4, -0.2) is 72.1 Å². The number of aliphatic carboxylic acids is 1. The maximum absolute atomic E-state index is 13.0. The number of rotatable bonds is 12. The lowest BCUT2D eigenvalue weighted by molar-refractivity contribution is -0.136. The van der Waals surface area contributed by atoms with Crippen LogP contribution in [0.4, 0.5) is 5.69 Å². The van der Waals surface area contributed by atoms with Crippen molar-refractivity contribution in [1.29, 1.82) is 5.41 Å². The summed E-state index contributed by atoms with van der Waals surface area (Å²) in [4.78, 5) is 34.0. The van der Waals surface area contributed by atoms with Crippen molar-refractivity contribution >= 4 is 76.3 Å². The summed E-state index contributed by atoms with van der Waals surface area (Å²) in [6.45, 7) is 0.163. The van der Waals surface area contributed by atoms with E-state index >= 15 is 0 Å². The minimum Gasteiger partial charge on any atom is -0.481 e. The molecule has 1 aliphatic carbocycles. The van der Waals surface area contributed by atoms with Gasteiger partial charge in [-0.15, -0.1) is 0 Å². The number of amides is 1. The molecule has 0 fully saturated rings. The average molecular weight is 698 g/mol. The first-order valence-corrected chi connectivity index (χ1v) is 17.8. The number of carboxylic acid groups (broad SMARTS) is 2. The number of carbonyl (C=O) groups excluding carboxylic acids is 1. The fourth-order valence-electron chi connectivity index (χ4n) is 4.43. The average Bonchev–Trinajstić information content (AvgIpc) is 2.93. The van der Waals surface area contributed by atoms with Crippen LogP contribution in [0.15, 0.2) is 56.7 Å². The molecule has 45 heavy (non-hydrogen) atoms. The van der Waals surface area contributed by atoms with Crippen LogP contribution in [-0.2, 0) is 25.0 Å². The van der Waals surface area contributed by atoms with Gasteiger partial charge < -0.3 is 25.7 Å². The van der Waals surface area contributed by atoms with Gasteiger partial charge >= 0.3 is 11.9 Å². The number of nitrogens with two attached hydrogens (primary N) is 1. The van der Waals surface area contributed by atoms with Gasteiger partial charge in [-0.25, -0.2) is 4.79 Å². The molecule has 0 unspecified atom stereocenters. The molecular formula is C26H23N3O12S4. The van der Waals surface area contributed by atoms with E-state index in [0.29, 0.717) is 11.5 Å². The molecule has 0 spiro atoms. The molecule has 4 rings (SSSR count). The highest BCUT2D eigenvalue weighted by Crippen LogP contribution is 2.45. The molecule has 2 aromatic carbocycles. The molecule has 0 atom stereocenters. The molecular weight excluding hydrogens is 675 g/mol. The molecule has 0 bridgehead atoms. The van der Waals surface area contributed by atoms with Crippen molar-refractivity contribution in [1.82, 2.24) is 5.32 Å². The second-order valence-electron chi connectivity index (χ2n) is 9.22. The van der Waals surface area contributed by atoms with Crippen molar-refractivity contribution in [3.8, 4) is 22.5 Å². The minimum atomic E-state index is -5.19. The van der Waals surface area contributed by atoms with Gasteiger partial charge in [0.1, 0.15) is 0 Å². The summed E-state index contributed by atoms with van der Waals surface area (Å²) in [6.07, 6.45) is -0.0218. The standard InChI is InChI=1S/C26H23N3O12S4/c27-17-5-3-14-20(15-4-6-18(28)24(45(38,39)40)22(15)41-21(14)23(17)44(35,36)37)16-11-12(1-2-13(16)26(33)34)25(32)29-8-10-43-42-9-7-19(30)31/h1-6,11,27H,7-10,28H2,(H,29,32)(H,30,31)(H,33,34)(H,35,36,37)(H,38,39,40). The highest BCUT2D eigenvalue weighted by Gasteiger charge is 2.32. The Labute approximate surface area is 262 Å². The van der Waals surface area contributed by atoms with Gasteiger partial charge in [0.2, 0.25) is 0 Å². The van der Waals surface area contributed by atoms with E-state index in [0.717, 1.165) is 18.2 Å². The molecule has 1 amide bonds. The second kappa shape index (κ2) is 13.1. The van der Waals surface area contributed by atoms with Gasteiger partial charge in [-0.3, -0.25) is 24.1 Å². The third-order valence-electron chi connectivity index (χ3n) is 6.25. The predicted molar refractivity (Wildman–Crippen MR) is 165 cm³/mol. The molecule has 1 aliphatic heterocycles. The molecule has 238 valence electrons. The fourth-order valence-corrected chi connectivity index (χ4v) is 7.80. The van der Waals surface area contributed by atoms with E-state index in [1.54, 1.807) is 0 Å². The molecule has 19 heteroatoms. The van der Waals surface area contributed by atoms with Crippen LogP contribution in [0.3, 0.4) is 0 Å². The van der Waals surface area contributed by atoms with E-state index in [-0.39, 0.29) is 40.6 Å². The van der Waals surface area contributed by atoms with E-state index in [2.05, 4.69) is 5.32 Å². The number of benzene rings is 3. The topological polar surface area (TPSA) is 275 Å². The maximum atomic E-state index is 13.0. The number of carbonyl (C=O) groups is 3. The van der Waals surface area contributed by atoms with Crippen molar-refractivity contribution in [2.75, 3.05) is 23.8 Å². The Morgan fingerprint density at radius 2 is 1.56 bits per heavy atom. The first-order valence-electron chi connectivity index (χ1n) is 12.5. The van der Waals surface area contributed by atoms with Gasteiger partial charge in [-0.2, -0.15) is 16.8 Å². The Balaban J connectivity index is 1.95. The van der Waals surface area contributed by atoms with Crippen LogP contribution >= 0.6 is 21.6 Å². The summed E-state index contributed by atoms with van der Waals surface area (Å²) >= 11 is 0. The van der Waals surface area contributed by atoms with Crippen molar-refractivity contribution in [3.05, 3.63) is 58.9 Å². The second-order valence-corrected chi connectivity index (χ2v) is 14.6. The summed E-state index contributed by atoms with van der Waals surface area (Å²) in [5, 5.41) is 28.6. The number of hydrogen-bond acceptors (Lipinski definition) is 12. The highest BCUT2D eigenvalue weighted by atomic mass is 33.1. The minimum absolute atomic E-state index is 0.0218. The smallest absolute Gasteiger partial charge is 0.336 e. The largest absolute Gasteiger partial charge is 0.481 e. The Morgan fingerprint density at radius 1 is 0.889 bits per heavy atom. The molecule has 1 heterocycles. The van der Waals surface area contributed by atoms with Gasteiger partial charge in [0.25, 0.3) is 26.1 Å². The van der Waals surface area contributed by atoms with Crippen LogP contribution in [0.2, 0.25) is 0 Å². The number of nitrogen functional groups attached to an aromatic ring is 1. The van der Waals surface area contributed by atoms with Gasteiger partial charge in [0, 0.05) is 40.1 Å². The first kappa shape index (κ1) is 33.7. The Kier molecular flexibility index (Phi) is 9.80. The lowest BCUT2D eigenvalue weighted by Crippen LogP contribution is -2.25. The zero-order valence-electron chi connectivity index (χ0n) is 22.6. The quantitative estimate of drug-likeness (QED) is 0.0368. The number of carboxylic acids is 2. The Bertz CT molecular complexity index is 2110. The number of anilines is 1. The SMILES string of the molecule is N=c1ccc2c(-c3cc(C(=O)NCCSSCCC(=O)O)ccc3C(=O)O)c3ccc(N)c(S(=O)(=O)O)c3oc-2c1S(=O)(=O)O. The van der Waals surface area contributed by atoms with Crippen LogP contribution in [0, 0.1) is 5.41 Å². The predicted octanol–water partition coefficient (Wildman–Crippen LogP) is 3.04. The van der Waals surface area contributed by atoms with Gasteiger partial charge in [-0.05, 0) is 48.0 Å². The zero-order valence-corrected chi connectivity index (χ0v) is 25.9. The van der Waals surface area contributed by atoms with Crippen LogP contribution in [0.1, 0.15) is 27.1 Å². The van der Waals surface area contributed by atoms with E-state index in [4.69, 9.17) is 20.7 Å².